The van der Waals surface area contributed by atoms with Crippen LogP contribution in [0.3, 0.4) is 0 Å². The van der Waals surface area contributed by atoms with Gasteiger partial charge in [-0.3, -0.25) is 9.20 Å². The first-order chi connectivity index (χ1) is 20.4. The fourth-order valence-electron chi connectivity index (χ4n) is 6.82. The van der Waals surface area contributed by atoms with Gasteiger partial charge in [-0.2, -0.15) is 5.26 Å². The Morgan fingerprint density at radius 1 is 1.19 bits per heavy atom. The van der Waals surface area contributed by atoms with Crippen molar-refractivity contribution in [1.82, 2.24) is 34.0 Å². The summed E-state index contributed by atoms with van der Waals surface area (Å²) in [4.78, 5) is 37.7. The largest absolute Gasteiger partial charge is 0.375 e. The smallest absolute Gasteiger partial charge is 0.320 e. The molecular formula is C32H34N8O2. The molecule has 0 saturated carbocycles. The van der Waals surface area contributed by atoms with E-state index in [0.717, 1.165) is 71.5 Å². The van der Waals surface area contributed by atoms with Gasteiger partial charge in [0.25, 0.3) is 0 Å². The fourth-order valence-corrected chi connectivity index (χ4v) is 6.82. The van der Waals surface area contributed by atoms with Gasteiger partial charge in [0.2, 0.25) is 0 Å². The molecule has 1 fully saturated rings. The van der Waals surface area contributed by atoms with E-state index in [2.05, 4.69) is 32.9 Å². The minimum absolute atomic E-state index is 0.00300. The molecular weight excluding hydrogens is 528 g/mol. The molecule has 214 valence electrons. The van der Waals surface area contributed by atoms with Gasteiger partial charge in [0.1, 0.15) is 5.65 Å². The van der Waals surface area contributed by atoms with E-state index < -0.39 is 0 Å². The van der Waals surface area contributed by atoms with Crippen LogP contribution in [0.15, 0.2) is 48.9 Å². The first kappa shape index (κ1) is 26.3. The molecule has 0 atom stereocenters. The SMILES string of the molecule is CN1CCC(CN(C)C(=O)N2CCn3cc(C4=C(c5cnc6ccccn56)NCC4=O)c4cc(C#N)cc(c43)C2)CC1. The van der Waals surface area contributed by atoms with Gasteiger partial charge < -0.3 is 24.6 Å². The van der Waals surface area contributed by atoms with E-state index in [1.165, 1.54) is 0 Å². The second-order valence-electron chi connectivity index (χ2n) is 11.8. The lowest BCUT2D eigenvalue weighted by Crippen LogP contribution is -2.44. The lowest BCUT2D eigenvalue weighted by molar-refractivity contribution is -0.112. The monoisotopic (exact) mass is 562 g/mol. The van der Waals surface area contributed by atoms with Crippen molar-refractivity contribution in [2.45, 2.75) is 25.9 Å². The molecule has 1 saturated heterocycles. The Labute approximate surface area is 244 Å². The number of pyridine rings is 1. The highest BCUT2D eigenvalue weighted by molar-refractivity contribution is 6.33. The molecule has 10 nitrogen and oxygen atoms in total. The van der Waals surface area contributed by atoms with E-state index in [1.54, 1.807) is 6.20 Å². The first-order valence-electron chi connectivity index (χ1n) is 14.6. The maximum atomic E-state index is 13.6. The van der Waals surface area contributed by atoms with Crippen molar-refractivity contribution in [3.63, 3.8) is 0 Å². The third-order valence-corrected chi connectivity index (χ3v) is 9.02. The molecule has 3 aliphatic heterocycles. The van der Waals surface area contributed by atoms with E-state index in [4.69, 9.17) is 0 Å². The van der Waals surface area contributed by atoms with Crippen LogP contribution in [-0.2, 0) is 17.9 Å². The summed E-state index contributed by atoms with van der Waals surface area (Å²) >= 11 is 0. The third-order valence-electron chi connectivity index (χ3n) is 9.02. The number of ketones is 1. The molecule has 3 aromatic heterocycles. The Morgan fingerprint density at radius 3 is 2.83 bits per heavy atom. The van der Waals surface area contributed by atoms with Crippen molar-refractivity contribution in [2.24, 2.45) is 5.92 Å². The van der Waals surface area contributed by atoms with E-state index >= 15 is 0 Å². The van der Waals surface area contributed by atoms with Crippen molar-refractivity contribution < 1.29 is 9.59 Å². The molecule has 3 aliphatic rings. The van der Waals surface area contributed by atoms with Crippen LogP contribution < -0.4 is 5.32 Å². The Hall–Kier alpha value is -4.62. The Morgan fingerprint density at radius 2 is 2.02 bits per heavy atom. The average molecular weight is 563 g/mol. The lowest BCUT2D eigenvalue weighted by atomic mass is 9.97. The summed E-state index contributed by atoms with van der Waals surface area (Å²) in [5, 5.41) is 14.1. The normalized spacial score (nSPS) is 18.0. The maximum absolute atomic E-state index is 13.6. The van der Waals surface area contributed by atoms with Crippen molar-refractivity contribution in [2.75, 3.05) is 46.8 Å². The zero-order chi connectivity index (χ0) is 29.0. The van der Waals surface area contributed by atoms with Crippen LogP contribution in [0.2, 0.25) is 0 Å². The van der Waals surface area contributed by atoms with Crippen LogP contribution in [0, 0.1) is 17.2 Å². The van der Waals surface area contributed by atoms with Gasteiger partial charge in [-0.25, -0.2) is 9.78 Å². The molecule has 4 aromatic rings. The molecule has 1 N–H and O–H groups in total. The number of nitriles is 1. The summed E-state index contributed by atoms with van der Waals surface area (Å²) in [6.45, 7) is 4.65. The maximum Gasteiger partial charge on any atom is 0.320 e. The minimum atomic E-state index is 0.00300. The molecule has 1 aromatic carbocycles. The highest BCUT2D eigenvalue weighted by atomic mass is 16.2. The average Bonchev–Trinajstić information content (AvgIpc) is 3.66. The number of aromatic nitrogens is 3. The topological polar surface area (TPSA) is 102 Å². The zero-order valence-corrected chi connectivity index (χ0v) is 24.0. The second-order valence-corrected chi connectivity index (χ2v) is 11.8. The summed E-state index contributed by atoms with van der Waals surface area (Å²) in [5.74, 6) is 0.517. The van der Waals surface area contributed by atoms with Crippen molar-refractivity contribution in [1.29, 1.82) is 5.26 Å². The number of urea groups is 1. The highest BCUT2D eigenvalue weighted by Crippen LogP contribution is 2.38. The number of Topliss-reactive ketones (excluding diaryl/α,β-unsaturated/α-hetero) is 1. The summed E-state index contributed by atoms with van der Waals surface area (Å²) in [7, 11) is 4.05. The molecule has 0 spiro atoms. The van der Waals surface area contributed by atoms with Crippen LogP contribution in [0.4, 0.5) is 4.79 Å². The molecule has 0 aliphatic carbocycles. The second kappa shape index (κ2) is 10.3. The fraction of sp³-hybridized carbons (Fsp3) is 0.375. The van der Waals surface area contributed by atoms with Gasteiger partial charge in [-0.05, 0) is 68.7 Å². The first-order valence-corrected chi connectivity index (χ1v) is 14.6. The quantitative estimate of drug-likeness (QED) is 0.409. The number of amides is 2. The van der Waals surface area contributed by atoms with Crippen LogP contribution in [0.1, 0.15) is 35.2 Å². The number of rotatable bonds is 4. The predicted octanol–water partition coefficient (Wildman–Crippen LogP) is 3.41. The van der Waals surface area contributed by atoms with E-state index in [9.17, 15) is 14.9 Å². The number of imidazole rings is 1. The van der Waals surface area contributed by atoms with Gasteiger partial charge in [0.15, 0.2) is 5.78 Å². The number of nitrogens with zero attached hydrogens (tertiary/aromatic N) is 7. The lowest BCUT2D eigenvalue weighted by Gasteiger charge is -2.33. The van der Waals surface area contributed by atoms with Gasteiger partial charge in [0.05, 0.1) is 46.9 Å². The summed E-state index contributed by atoms with van der Waals surface area (Å²) in [5.41, 5.74) is 6.19. The number of benzene rings is 1. The van der Waals surface area contributed by atoms with Crippen LogP contribution in [0.25, 0.3) is 27.8 Å². The molecule has 0 radical (unpaired) electrons. The predicted molar refractivity (Wildman–Crippen MR) is 160 cm³/mol. The molecule has 2 amide bonds. The minimum Gasteiger partial charge on any atom is -0.375 e. The van der Waals surface area contributed by atoms with Crippen molar-refractivity contribution in [3.8, 4) is 6.07 Å². The Balaban J connectivity index is 1.26. The Kier molecular flexibility index (Phi) is 6.47. The van der Waals surface area contributed by atoms with Crippen molar-refractivity contribution in [3.05, 3.63) is 71.3 Å². The van der Waals surface area contributed by atoms with E-state index in [-0.39, 0.29) is 18.4 Å². The molecule has 7 rings (SSSR count). The standard InChI is InChI=1S/C32H34N8O2/c1-36-9-6-21(7-10-36)18-37(2)32(42)39-12-11-38-20-25(24-14-22(15-33)13-23(19-39)31(24)38)29-27(41)17-35-30(29)26-16-34-28-5-3-4-8-40(26)28/h3-5,8,13-14,16,20-21,35H,6-7,9-12,17-19H2,1-2H3. The summed E-state index contributed by atoms with van der Waals surface area (Å²) in [6.07, 6.45) is 7.96. The van der Waals surface area contributed by atoms with Crippen LogP contribution in [0.5, 0.6) is 0 Å². The van der Waals surface area contributed by atoms with Crippen LogP contribution >= 0.6 is 0 Å². The van der Waals surface area contributed by atoms with Crippen molar-refractivity contribution >= 4 is 39.6 Å². The number of hydrogen-bond acceptors (Lipinski definition) is 6. The zero-order valence-electron chi connectivity index (χ0n) is 24.0. The van der Waals surface area contributed by atoms with E-state index in [1.807, 2.05) is 64.0 Å². The molecule has 10 heteroatoms. The third kappa shape index (κ3) is 4.41. The van der Waals surface area contributed by atoms with Gasteiger partial charge >= 0.3 is 6.03 Å². The molecule has 42 heavy (non-hydrogen) atoms. The van der Waals surface area contributed by atoms with Gasteiger partial charge in [-0.15, -0.1) is 0 Å². The number of carbonyl (C=O) groups excluding carboxylic acids is 2. The number of nitrogens with one attached hydrogen (secondary N) is 1. The number of carbonyl (C=O) groups is 2. The molecule has 6 heterocycles. The van der Waals surface area contributed by atoms with Gasteiger partial charge in [-0.1, -0.05) is 6.07 Å². The number of piperidine rings is 1. The molecule has 0 bridgehead atoms. The number of likely N-dealkylation sites (tertiary alicyclic amines) is 1. The number of hydrogen-bond donors (Lipinski definition) is 1. The van der Waals surface area contributed by atoms with Crippen LogP contribution in [-0.4, -0.2) is 87.3 Å². The summed E-state index contributed by atoms with van der Waals surface area (Å²) in [6, 6.07) is 11.9. The van der Waals surface area contributed by atoms with Gasteiger partial charge in [0, 0.05) is 56.6 Å². The Bertz CT molecular complexity index is 1800. The summed E-state index contributed by atoms with van der Waals surface area (Å²) < 4.78 is 4.12. The molecule has 0 unspecified atom stereocenters. The van der Waals surface area contributed by atoms with E-state index in [0.29, 0.717) is 36.7 Å². The number of fused-ring (bicyclic) bond motifs is 1. The highest BCUT2D eigenvalue weighted by Gasteiger charge is 2.32.